The van der Waals surface area contributed by atoms with Crippen molar-refractivity contribution in [3.8, 4) is 5.75 Å². The van der Waals surface area contributed by atoms with Crippen molar-refractivity contribution in [1.29, 1.82) is 0 Å². The predicted molar refractivity (Wildman–Crippen MR) is 87.4 cm³/mol. The lowest BCUT2D eigenvalue weighted by Crippen LogP contribution is -2.27. The number of aromatic hydroxyl groups is 1. The highest BCUT2D eigenvalue weighted by molar-refractivity contribution is 5.53. The van der Waals surface area contributed by atoms with E-state index in [0.717, 1.165) is 31.2 Å². The molecular weight excluding hydrogens is 272 g/mol. The van der Waals surface area contributed by atoms with E-state index < -0.39 is 6.10 Å². The Morgan fingerprint density at radius 1 is 0.864 bits per heavy atom. The van der Waals surface area contributed by atoms with Crippen molar-refractivity contribution in [2.24, 2.45) is 0 Å². The van der Waals surface area contributed by atoms with Gasteiger partial charge in [-0.25, -0.2) is 0 Å². The third kappa shape index (κ3) is 2.14. The van der Waals surface area contributed by atoms with Crippen LogP contribution in [-0.4, -0.2) is 16.3 Å². The van der Waals surface area contributed by atoms with Gasteiger partial charge in [0.05, 0.1) is 6.10 Å². The lowest BCUT2D eigenvalue weighted by atomic mass is 9.73. The highest BCUT2D eigenvalue weighted by atomic mass is 16.3. The normalized spacial score (nSPS) is 23.7. The summed E-state index contributed by atoms with van der Waals surface area (Å²) in [5.74, 6) is 0.263. The van der Waals surface area contributed by atoms with Gasteiger partial charge in [-0.3, -0.25) is 0 Å². The van der Waals surface area contributed by atoms with Gasteiger partial charge in [0.15, 0.2) is 0 Å². The summed E-state index contributed by atoms with van der Waals surface area (Å²) < 4.78 is 0. The first-order valence-electron chi connectivity index (χ1n) is 8.35. The number of aryl methyl sites for hydroxylation is 2. The zero-order valence-electron chi connectivity index (χ0n) is 12.8. The molecule has 2 atom stereocenters. The highest BCUT2D eigenvalue weighted by Gasteiger charge is 2.33. The van der Waals surface area contributed by atoms with E-state index in [-0.39, 0.29) is 5.92 Å². The molecule has 0 aliphatic heterocycles. The van der Waals surface area contributed by atoms with E-state index in [4.69, 9.17) is 0 Å². The Morgan fingerprint density at radius 2 is 1.68 bits per heavy atom. The van der Waals surface area contributed by atoms with Crippen LogP contribution in [0.1, 0.15) is 53.0 Å². The monoisotopic (exact) mass is 294 g/mol. The number of phenols is 1. The molecule has 0 radical (unpaired) electrons. The zero-order chi connectivity index (χ0) is 15.1. The van der Waals surface area contributed by atoms with Crippen LogP contribution in [0.25, 0.3) is 0 Å². The minimum absolute atomic E-state index is 0.0852. The van der Waals surface area contributed by atoms with Gasteiger partial charge in [0.1, 0.15) is 5.75 Å². The van der Waals surface area contributed by atoms with Crippen molar-refractivity contribution in [3.05, 3.63) is 64.2 Å². The third-order valence-corrected chi connectivity index (χ3v) is 5.35. The Bertz CT molecular complexity index is 705. The maximum Gasteiger partial charge on any atom is 0.119 e. The van der Waals surface area contributed by atoms with Gasteiger partial charge in [0.25, 0.3) is 0 Å². The summed E-state index contributed by atoms with van der Waals surface area (Å²) in [6, 6.07) is 12.3. The molecule has 0 amide bonds. The number of fused-ring (bicyclic) bond motifs is 2. The highest BCUT2D eigenvalue weighted by Crippen LogP contribution is 2.44. The summed E-state index contributed by atoms with van der Waals surface area (Å²) in [6.07, 6.45) is 5.79. The van der Waals surface area contributed by atoms with Crippen LogP contribution in [-0.2, 0) is 19.3 Å². The Labute approximate surface area is 131 Å². The SMILES string of the molecule is Oc1ccc2c(c1C1c3ccccc3CCC1O)CCCC2. The Hall–Kier alpha value is -1.80. The molecule has 114 valence electrons. The summed E-state index contributed by atoms with van der Waals surface area (Å²) in [5, 5.41) is 21.2. The molecule has 2 aliphatic rings. The number of hydrogen-bond donors (Lipinski definition) is 2. The first kappa shape index (κ1) is 13.8. The molecule has 2 aromatic rings. The van der Waals surface area contributed by atoms with Crippen LogP contribution in [0.5, 0.6) is 5.75 Å². The summed E-state index contributed by atoms with van der Waals surface area (Å²) in [7, 11) is 0. The average Bonchev–Trinajstić information content (AvgIpc) is 2.56. The number of phenolic OH excluding ortho intramolecular Hbond substituents is 1. The second-order valence-corrected chi connectivity index (χ2v) is 6.63. The van der Waals surface area contributed by atoms with Crippen molar-refractivity contribution >= 4 is 0 Å². The second-order valence-electron chi connectivity index (χ2n) is 6.63. The fourth-order valence-electron chi connectivity index (χ4n) is 4.28. The minimum atomic E-state index is -0.408. The van der Waals surface area contributed by atoms with Crippen LogP contribution >= 0.6 is 0 Å². The molecule has 2 heteroatoms. The van der Waals surface area contributed by atoms with E-state index in [1.165, 1.54) is 35.1 Å². The molecule has 0 saturated carbocycles. The van der Waals surface area contributed by atoms with Crippen molar-refractivity contribution in [3.63, 3.8) is 0 Å². The van der Waals surface area contributed by atoms with E-state index in [9.17, 15) is 10.2 Å². The molecule has 0 saturated heterocycles. The molecule has 0 spiro atoms. The molecule has 2 aromatic carbocycles. The Balaban J connectivity index is 1.92. The lowest BCUT2D eigenvalue weighted by molar-refractivity contribution is 0.138. The third-order valence-electron chi connectivity index (χ3n) is 5.35. The van der Waals surface area contributed by atoms with Gasteiger partial charge < -0.3 is 10.2 Å². The Kier molecular flexibility index (Phi) is 3.42. The number of benzene rings is 2. The van der Waals surface area contributed by atoms with Gasteiger partial charge in [-0.15, -0.1) is 0 Å². The van der Waals surface area contributed by atoms with Crippen molar-refractivity contribution < 1.29 is 10.2 Å². The molecule has 2 nitrogen and oxygen atoms in total. The first-order valence-corrected chi connectivity index (χ1v) is 8.35. The number of rotatable bonds is 1. The predicted octanol–water partition coefficient (Wildman–Crippen LogP) is 3.71. The van der Waals surface area contributed by atoms with Gasteiger partial charge in [-0.1, -0.05) is 30.3 Å². The molecule has 0 aromatic heterocycles. The van der Waals surface area contributed by atoms with E-state index in [1.54, 1.807) is 0 Å². The zero-order valence-corrected chi connectivity index (χ0v) is 12.8. The quantitative estimate of drug-likeness (QED) is 0.841. The van der Waals surface area contributed by atoms with Gasteiger partial charge in [-0.05, 0) is 66.8 Å². The van der Waals surface area contributed by atoms with Crippen LogP contribution in [0.2, 0.25) is 0 Å². The standard InChI is InChI=1S/C20H22O2/c21-17-11-9-13-5-1-3-7-15(13)19(17)20-16-8-4-2-6-14(16)10-12-18(20)22/h1,3,5,7,10,12,17,19,21-22H,2,4,6,8-9,11H2. The van der Waals surface area contributed by atoms with Crippen LogP contribution in [0, 0.1) is 0 Å². The van der Waals surface area contributed by atoms with Gasteiger partial charge in [-0.2, -0.15) is 0 Å². The minimum Gasteiger partial charge on any atom is -0.508 e. The maximum atomic E-state index is 10.7. The van der Waals surface area contributed by atoms with E-state index >= 15 is 0 Å². The molecule has 2 unspecified atom stereocenters. The number of aliphatic hydroxyl groups excluding tert-OH is 1. The topological polar surface area (TPSA) is 40.5 Å². The smallest absolute Gasteiger partial charge is 0.119 e. The largest absolute Gasteiger partial charge is 0.508 e. The number of aliphatic hydroxyl groups is 1. The van der Waals surface area contributed by atoms with Crippen LogP contribution in [0.3, 0.4) is 0 Å². The fraction of sp³-hybridized carbons (Fsp3) is 0.400. The summed E-state index contributed by atoms with van der Waals surface area (Å²) in [5.41, 5.74) is 6.12. The van der Waals surface area contributed by atoms with Crippen LogP contribution in [0.15, 0.2) is 36.4 Å². The van der Waals surface area contributed by atoms with Gasteiger partial charge >= 0.3 is 0 Å². The summed E-state index contributed by atoms with van der Waals surface area (Å²) in [6.45, 7) is 0. The van der Waals surface area contributed by atoms with Crippen molar-refractivity contribution in [2.45, 2.75) is 50.5 Å². The van der Waals surface area contributed by atoms with Gasteiger partial charge in [0, 0.05) is 11.5 Å². The van der Waals surface area contributed by atoms with Crippen molar-refractivity contribution in [1.82, 2.24) is 0 Å². The maximum absolute atomic E-state index is 10.7. The molecule has 22 heavy (non-hydrogen) atoms. The average molecular weight is 294 g/mol. The first-order chi connectivity index (χ1) is 10.8. The lowest BCUT2D eigenvalue weighted by Gasteiger charge is -2.34. The number of hydrogen-bond acceptors (Lipinski definition) is 2. The molecular formula is C20H22O2. The molecule has 0 bridgehead atoms. The summed E-state index contributed by atoms with van der Waals surface area (Å²) in [4.78, 5) is 0. The summed E-state index contributed by atoms with van der Waals surface area (Å²) >= 11 is 0. The van der Waals surface area contributed by atoms with Crippen LogP contribution < -0.4 is 0 Å². The molecule has 2 N–H and O–H groups in total. The molecule has 0 fully saturated rings. The van der Waals surface area contributed by atoms with E-state index in [2.05, 4.69) is 24.3 Å². The second kappa shape index (κ2) is 5.44. The molecule has 2 aliphatic carbocycles. The van der Waals surface area contributed by atoms with E-state index in [1.807, 2.05) is 12.1 Å². The van der Waals surface area contributed by atoms with Crippen LogP contribution in [0.4, 0.5) is 0 Å². The Morgan fingerprint density at radius 3 is 2.59 bits per heavy atom. The molecule has 4 rings (SSSR count). The fourth-order valence-corrected chi connectivity index (χ4v) is 4.28. The van der Waals surface area contributed by atoms with Crippen molar-refractivity contribution in [2.75, 3.05) is 0 Å². The van der Waals surface area contributed by atoms with Gasteiger partial charge in [0.2, 0.25) is 0 Å². The van der Waals surface area contributed by atoms with E-state index in [0.29, 0.717) is 5.75 Å². The molecule has 0 heterocycles.